The van der Waals surface area contributed by atoms with Crippen LogP contribution in [0.15, 0.2) is 34.3 Å². The third kappa shape index (κ3) is 18.7. The third-order valence-corrected chi connectivity index (χ3v) is 9.43. The molecule has 0 aliphatic rings. The molecule has 22 heteroatoms. The van der Waals surface area contributed by atoms with Crippen LogP contribution in [0.3, 0.4) is 0 Å². The zero-order valence-corrected chi connectivity index (χ0v) is 34.4. The smallest absolute Gasteiger partial charge is 0.245 e. The number of hydrogen-bond donors (Lipinski definition) is 12. The van der Waals surface area contributed by atoms with Gasteiger partial charge in [0.1, 0.15) is 36.0 Å². The number of phenolic OH excluding ortho intramolecular Hbond substituents is 1. The highest BCUT2D eigenvalue weighted by Gasteiger charge is 2.36. The number of aliphatic hydroxyl groups is 1. The van der Waals surface area contributed by atoms with Crippen LogP contribution in [0.1, 0.15) is 71.8 Å². The lowest BCUT2D eigenvalue weighted by molar-refractivity contribution is -0.143. The van der Waals surface area contributed by atoms with Crippen molar-refractivity contribution in [2.45, 2.75) is 109 Å². The van der Waals surface area contributed by atoms with Crippen molar-refractivity contribution < 1.29 is 43.8 Å². The van der Waals surface area contributed by atoms with Crippen LogP contribution in [0.2, 0.25) is 0 Å². The molecule has 22 nitrogen and oxygen atoms in total. The quantitative estimate of drug-likeness (QED) is 0.0243. The van der Waals surface area contributed by atoms with E-state index in [2.05, 4.69) is 31.3 Å². The van der Waals surface area contributed by atoms with Gasteiger partial charge in [-0.15, -0.1) is 0 Å². The van der Waals surface area contributed by atoms with Crippen molar-refractivity contribution in [2.75, 3.05) is 20.1 Å². The van der Waals surface area contributed by atoms with E-state index in [9.17, 15) is 43.8 Å². The van der Waals surface area contributed by atoms with E-state index in [1.165, 1.54) is 38.2 Å². The second-order valence-corrected chi connectivity index (χ2v) is 14.6. The van der Waals surface area contributed by atoms with Crippen LogP contribution in [-0.4, -0.2) is 125 Å². The average molecular weight is 834 g/mol. The molecule has 1 aromatic rings. The first kappa shape index (κ1) is 50.8. The largest absolute Gasteiger partial charge is 0.508 e. The van der Waals surface area contributed by atoms with Gasteiger partial charge in [0.05, 0.1) is 6.10 Å². The number of nitrogens with two attached hydrogens (primary N) is 6. The summed E-state index contributed by atoms with van der Waals surface area (Å²) in [6.07, 6.45) is -1.95. The van der Waals surface area contributed by atoms with Gasteiger partial charge in [-0.2, -0.15) is 0 Å². The second kappa shape index (κ2) is 25.2. The molecule has 0 unspecified atom stereocenters. The van der Waals surface area contributed by atoms with Gasteiger partial charge >= 0.3 is 0 Å². The van der Waals surface area contributed by atoms with Crippen LogP contribution in [0, 0.1) is 11.8 Å². The molecule has 0 aliphatic heterocycles. The lowest BCUT2D eigenvalue weighted by atomic mass is 9.96. The summed E-state index contributed by atoms with van der Waals surface area (Å²) in [6.45, 7) is 6.68. The van der Waals surface area contributed by atoms with Crippen molar-refractivity contribution in [1.82, 2.24) is 26.2 Å². The number of carbonyl (C=O) groups excluding carboxylic acids is 7. The molecular formula is C37H63N13O9. The molecule has 0 heterocycles. The molecule has 0 aromatic heterocycles. The molecule has 7 atom stereocenters. The van der Waals surface area contributed by atoms with Crippen molar-refractivity contribution in [3.8, 4) is 5.75 Å². The molecule has 1 rings (SSSR count). The molecule has 0 spiro atoms. The summed E-state index contributed by atoms with van der Waals surface area (Å²) in [5, 5.41) is 30.3. The number of phenols is 1. The number of nitrogens with one attached hydrogen (secondary N) is 4. The fourth-order valence-electron chi connectivity index (χ4n) is 5.59. The maximum absolute atomic E-state index is 14.2. The Morgan fingerprint density at radius 3 is 1.69 bits per heavy atom. The van der Waals surface area contributed by atoms with Gasteiger partial charge in [-0.05, 0) is 62.6 Å². The highest BCUT2D eigenvalue weighted by atomic mass is 16.3. The van der Waals surface area contributed by atoms with Gasteiger partial charge < -0.3 is 70.8 Å². The number of amides is 7. The number of nitrogens with zero attached hydrogens (tertiary/aromatic N) is 3. The van der Waals surface area contributed by atoms with Gasteiger partial charge in [-0.1, -0.05) is 32.9 Å². The number of aliphatic imine (C=N–C) groups is 2. The fourth-order valence-corrected chi connectivity index (χ4v) is 5.59. The summed E-state index contributed by atoms with van der Waals surface area (Å²) in [4.78, 5) is 102. The van der Waals surface area contributed by atoms with E-state index >= 15 is 0 Å². The van der Waals surface area contributed by atoms with E-state index in [1.54, 1.807) is 6.92 Å². The minimum atomic E-state index is -1.49. The van der Waals surface area contributed by atoms with Crippen molar-refractivity contribution >= 4 is 53.3 Å². The molecule has 18 N–H and O–H groups in total. The highest BCUT2D eigenvalue weighted by Crippen LogP contribution is 2.15. The van der Waals surface area contributed by atoms with Gasteiger partial charge in [0, 0.05) is 38.9 Å². The lowest BCUT2D eigenvalue weighted by Crippen LogP contribution is -2.60. The summed E-state index contributed by atoms with van der Waals surface area (Å²) in [6, 6.07) is -1.02. The maximum Gasteiger partial charge on any atom is 0.245 e. The number of guanidine groups is 2. The van der Waals surface area contributed by atoms with Crippen molar-refractivity contribution in [3.63, 3.8) is 0 Å². The minimum Gasteiger partial charge on any atom is -0.508 e. The van der Waals surface area contributed by atoms with Crippen molar-refractivity contribution in [1.29, 1.82) is 0 Å². The van der Waals surface area contributed by atoms with Crippen LogP contribution in [0.5, 0.6) is 5.75 Å². The molecule has 0 saturated carbocycles. The first-order chi connectivity index (χ1) is 27.5. The number of hydrogen-bond acceptors (Lipinski definition) is 11. The van der Waals surface area contributed by atoms with Gasteiger partial charge in [0.2, 0.25) is 41.4 Å². The van der Waals surface area contributed by atoms with Crippen LogP contribution in [-0.2, 0) is 40.0 Å². The zero-order valence-electron chi connectivity index (χ0n) is 34.4. The molecule has 0 aliphatic carbocycles. The Morgan fingerprint density at radius 2 is 1.20 bits per heavy atom. The summed E-state index contributed by atoms with van der Waals surface area (Å²) in [5.41, 5.74) is 33.4. The Kier molecular flexibility index (Phi) is 21.7. The highest BCUT2D eigenvalue weighted by molar-refractivity contribution is 5.96. The molecule has 0 bridgehead atoms. The summed E-state index contributed by atoms with van der Waals surface area (Å²) in [7, 11) is 1.28. The van der Waals surface area contributed by atoms with Crippen LogP contribution >= 0.6 is 0 Å². The fraction of sp³-hybridized carbons (Fsp3) is 0.595. The van der Waals surface area contributed by atoms with Gasteiger partial charge in [0.25, 0.3) is 0 Å². The van der Waals surface area contributed by atoms with Gasteiger partial charge in [-0.25, -0.2) is 0 Å². The Balaban J connectivity index is 3.51. The molecular weight excluding hydrogens is 770 g/mol. The number of aliphatic hydroxyl groups excluding tert-OH is 1. The first-order valence-electron chi connectivity index (χ1n) is 19.2. The Labute approximate surface area is 343 Å². The zero-order chi connectivity index (χ0) is 45.0. The van der Waals surface area contributed by atoms with E-state index in [0.717, 1.165) is 4.90 Å². The summed E-state index contributed by atoms with van der Waals surface area (Å²) < 4.78 is 0. The van der Waals surface area contributed by atoms with E-state index in [0.29, 0.717) is 5.56 Å². The second-order valence-electron chi connectivity index (χ2n) is 14.6. The summed E-state index contributed by atoms with van der Waals surface area (Å²) >= 11 is 0. The number of primary amides is 2. The number of aromatic hydroxyl groups is 1. The molecule has 0 radical (unpaired) electrons. The molecule has 0 fully saturated rings. The standard InChI is InChI=1S/C37H63N13O9/c1-19(2)20(3)31(55)49-29(21(4)51)34(58)46-24(8-6-16-44-36(40)41)32(56)47-25(14-15-28(38)53)35(59)50(5)27(9-7-17-45-37(42)43)33(57)48-26(30(39)54)18-22-10-12-23(52)13-11-22/h10-13,19-21,24-27,29,51-52H,6-9,14-18H2,1-5H3,(H2,38,53)(H2,39,54)(H,46,58)(H,47,56)(H,48,57)(H,49,55)(H4,40,41,44)(H4,42,43,45)/t20-,21+,24-,25-,26-,27-,29-/m0/s1. The third-order valence-electron chi connectivity index (χ3n) is 9.43. The summed E-state index contributed by atoms with van der Waals surface area (Å²) in [5.74, 6) is -6.70. The molecule has 7 amide bonds. The number of likely N-dealkylation sites (N-methyl/N-ethyl adjacent to an activating group) is 1. The van der Waals surface area contributed by atoms with Crippen molar-refractivity contribution in [3.05, 3.63) is 29.8 Å². The van der Waals surface area contributed by atoms with Gasteiger partial charge in [-0.3, -0.25) is 43.5 Å². The van der Waals surface area contributed by atoms with Crippen LogP contribution < -0.4 is 55.7 Å². The van der Waals surface area contributed by atoms with E-state index in [-0.39, 0.29) is 81.6 Å². The van der Waals surface area contributed by atoms with E-state index in [4.69, 9.17) is 34.4 Å². The lowest BCUT2D eigenvalue weighted by Gasteiger charge is -2.32. The normalized spacial score (nSPS) is 14.5. The average Bonchev–Trinajstić information content (AvgIpc) is 3.15. The molecule has 1 aromatic carbocycles. The number of rotatable bonds is 26. The van der Waals surface area contributed by atoms with Gasteiger partial charge in [0.15, 0.2) is 11.9 Å². The Bertz CT molecular complexity index is 1650. The molecule has 0 saturated heterocycles. The SMILES string of the molecule is CC(C)[C@H](C)C(=O)N[C@H](C(=O)N[C@@H](CCCN=C(N)N)C(=O)N[C@@H](CCC(N)=O)C(=O)N(C)[C@@H](CCCN=C(N)N)C(=O)N[C@@H](Cc1ccc(O)cc1)C(N)=O)[C@@H](C)O. The first-order valence-corrected chi connectivity index (χ1v) is 19.2. The topological polar surface area (TPSA) is 392 Å². The van der Waals surface area contributed by atoms with Crippen molar-refractivity contribution in [2.24, 2.45) is 56.2 Å². The minimum absolute atomic E-state index is 0.0174. The van der Waals surface area contributed by atoms with Crippen LogP contribution in [0.25, 0.3) is 0 Å². The van der Waals surface area contributed by atoms with Crippen LogP contribution in [0.4, 0.5) is 0 Å². The maximum atomic E-state index is 14.2. The number of benzene rings is 1. The molecule has 59 heavy (non-hydrogen) atoms. The molecule has 330 valence electrons. The Morgan fingerprint density at radius 1 is 0.678 bits per heavy atom. The predicted octanol–water partition coefficient (Wildman–Crippen LogP) is -3.77. The number of carbonyl (C=O) groups is 7. The van der Waals surface area contributed by atoms with E-state index < -0.39 is 83.6 Å². The monoisotopic (exact) mass is 833 g/mol. The Hall–Kier alpha value is -6.19. The predicted molar refractivity (Wildman–Crippen MR) is 219 cm³/mol. The van der Waals surface area contributed by atoms with E-state index in [1.807, 2.05) is 13.8 Å².